The van der Waals surface area contributed by atoms with Crippen LogP contribution >= 0.6 is 22.9 Å². The highest BCUT2D eigenvalue weighted by Crippen LogP contribution is 2.21. The largest absolute Gasteiger partial charge is 0.355 e. The molecule has 1 aromatic rings. The van der Waals surface area contributed by atoms with Gasteiger partial charge in [0.1, 0.15) is 0 Å². The van der Waals surface area contributed by atoms with Gasteiger partial charge in [-0.25, -0.2) is 0 Å². The smallest absolute Gasteiger partial charge is 0.225 e. The fraction of sp³-hybridized carbons (Fsp3) is 0.400. The van der Waals surface area contributed by atoms with Crippen LogP contribution in [0, 0.1) is 0 Å². The monoisotopic (exact) mass is 260 g/mol. The van der Waals surface area contributed by atoms with E-state index in [1.54, 1.807) is 6.07 Å². The van der Waals surface area contributed by atoms with E-state index in [1.807, 2.05) is 6.07 Å². The van der Waals surface area contributed by atoms with Crippen LogP contribution < -0.4 is 10.6 Å². The summed E-state index contributed by atoms with van der Waals surface area (Å²) in [6.07, 6.45) is 0.331. The number of carbonyl (C=O) groups is 2. The van der Waals surface area contributed by atoms with Crippen LogP contribution in [0.1, 0.15) is 11.8 Å². The Morgan fingerprint density at radius 1 is 1.31 bits per heavy atom. The first-order valence-corrected chi connectivity index (χ1v) is 6.02. The van der Waals surface area contributed by atoms with E-state index >= 15 is 0 Å². The Kier molecular flexibility index (Phi) is 5.28. The van der Waals surface area contributed by atoms with Gasteiger partial charge in [0.25, 0.3) is 0 Å². The molecule has 1 heterocycles. The maximum Gasteiger partial charge on any atom is 0.225 e. The molecule has 0 saturated heterocycles. The van der Waals surface area contributed by atoms with E-state index in [0.29, 0.717) is 23.8 Å². The van der Waals surface area contributed by atoms with Crippen molar-refractivity contribution in [1.29, 1.82) is 0 Å². The summed E-state index contributed by atoms with van der Waals surface area (Å²) >= 11 is 7.14. The molecule has 1 aromatic heterocycles. The third-order valence-electron chi connectivity index (χ3n) is 1.78. The van der Waals surface area contributed by atoms with Crippen LogP contribution in [-0.2, 0) is 16.0 Å². The lowest BCUT2D eigenvalue weighted by Crippen LogP contribution is -2.34. The van der Waals surface area contributed by atoms with Gasteiger partial charge in [-0.05, 0) is 12.1 Å². The Balaban J connectivity index is 2.18. The van der Waals surface area contributed by atoms with Crippen molar-refractivity contribution in [3.8, 4) is 0 Å². The minimum atomic E-state index is -0.0979. The van der Waals surface area contributed by atoms with Gasteiger partial charge in [-0.3, -0.25) is 9.59 Å². The van der Waals surface area contributed by atoms with Crippen molar-refractivity contribution in [2.24, 2.45) is 0 Å². The van der Waals surface area contributed by atoms with Gasteiger partial charge in [-0.15, -0.1) is 11.3 Å². The fourth-order valence-electron chi connectivity index (χ4n) is 1.11. The van der Waals surface area contributed by atoms with Crippen molar-refractivity contribution < 1.29 is 9.59 Å². The molecule has 0 fully saturated rings. The summed E-state index contributed by atoms with van der Waals surface area (Å²) in [5, 5.41) is 5.30. The lowest BCUT2D eigenvalue weighted by Gasteiger charge is -2.04. The number of halogens is 1. The quantitative estimate of drug-likeness (QED) is 0.782. The van der Waals surface area contributed by atoms with Crippen molar-refractivity contribution in [3.63, 3.8) is 0 Å². The van der Waals surface area contributed by atoms with E-state index in [-0.39, 0.29) is 11.8 Å². The average molecular weight is 261 g/mol. The number of rotatable bonds is 5. The summed E-state index contributed by atoms with van der Waals surface area (Å²) < 4.78 is 0.682. The molecule has 0 saturated carbocycles. The molecule has 1 rings (SSSR count). The van der Waals surface area contributed by atoms with E-state index in [4.69, 9.17) is 11.6 Å². The van der Waals surface area contributed by atoms with Crippen molar-refractivity contribution in [2.45, 2.75) is 13.3 Å². The van der Waals surface area contributed by atoms with E-state index in [9.17, 15) is 9.59 Å². The van der Waals surface area contributed by atoms with Gasteiger partial charge in [0.2, 0.25) is 11.8 Å². The SMILES string of the molecule is CC(=O)NCCNC(=O)Cc1ccc(Cl)s1. The second kappa shape index (κ2) is 6.50. The molecule has 0 aliphatic carbocycles. The van der Waals surface area contributed by atoms with E-state index in [1.165, 1.54) is 18.3 Å². The Morgan fingerprint density at radius 3 is 2.56 bits per heavy atom. The highest BCUT2D eigenvalue weighted by atomic mass is 35.5. The van der Waals surface area contributed by atoms with Crippen molar-refractivity contribution >= 4 is 34.8 Å². The number of thiophene rings is 1. The number of amides is 2. The summed E-state index contributed by atoms with van der Waals surface area (Å²) in [6.45, 7) is 2.33. The van der Waals surface area contributed by atoms with Crippen LogP contribution in [0.25, 0.3) is 0 Å². The molecule has 88 valence electrons. The summed E-state index contributed by atoms with van der Waals surface area (Å²) in [4.78, 5) is 22.9. The van der Waals surface area contributed by atoms with Gasteiger partial charge in [0.15, 0.2) is 0 Å². The second-order valence-electron chi connectivity index (χ2n) is 3.22. The molecule has 0 aliphatic rings. The first kappa shape index (κ1) is 13.0. The first-order chi connectivity index (χ1) is 7.58. The highest BCUT2D eigenvalue weighted by Gasteiger charge is 2.04. The van der Waals surface area contributed by atoms with E-state index < -0.39 is 0 Å². The van der Waals surface area contributed by atoms with E-state index in [0.717, 1.165) is 4.88 Å². The third kappa shape index (κ3) is 5.14. The zero-order valence-electron chi connectivity index (χ0n) is 8.88. The molecule has 16 heavy (non-hydrogen) atoms. The number of hydrogen-bond acceptors (Lipinski definition) is 3. The normalized spacial score (nSPS) is 9.88. The maximum atomic E-state index is 11.4. The van der Waals surface area contributed by atoms with Crippen molar-refractivity contribution in [3.05, 3.63) is 21.3 Å². The molecule has 2 N–H and O–H groups in total. The standard InChI is InChI=1S/C10H13ClN2O2S/c1-7(14)12-4-5-13-10(15)6-8-2-3-9(11)16-8/h2-3H,4-6H2,1H3,(H,12,14)(H,13,15). The minimum Gasteiger partial charge on any atom is -0.355 e. The molecule has 4 nitrogen and oxygen atoms in total. The van der Waals surface area contributed by atoms with Gasteiger partial charge < -0.3 is 10.6 Å². The summed E-state index contributed by atoms with van der Waals surface area (Å²) in [7, 11) is 0. The zero-order chi connectivity index (χ0) is 12.0. The van der Waals surface area contributed by atoms with Crippen LogP contribution in [0.2, 0.25) is 4.34 Å². The molecule has 0 aromatic carbocycles. The van der Waals surface area contributed by atoms with Gasteiger partial charge in [-0.1, -0.05) is 11.6 Å². The van der Waals surface area contributed by atoms with Gasteiger partial charge in [0.05, 0.1) is 10.8 Å². The topological polar surface area (TPSA) is 58.2 Å². The molecular formula is C10H13ClN2O2S. The fourth-order valence-corrected chi connectivity index (χ4v) is 2.19. The number of carbonyl (C=O) groups excluding carboxylic acids is 2. The van der Waals surface area contributed by atoms with Crippen LogP contribution in [0.4, 0.5) is 0 Å². The lowest BCUT2D eigenvalue weighted by molar-refractivity contribution is -0.121. The predicted octanol–water partition coefficient (Wildman–Crippen LogP) is 1.20. The highest BCUT2D eigenvalue weighted by molar-refractivity contribution is 7.16. The third-order valence-corrected chi connectivity index (χ3v) is 3.02. The molecule has 0 radical (unpaired) electrons. The zero-order valence-corrected chi connectivity index (χ0v) is 10.5. The summed E-state index contributed by atoms with van der Waals surface area (Å²) in [6, 6.07) is 3.60. The van der Waals surface area contributed by atoms with Crippen molar-refractivity contribution in [1.82, 2.24) is 10.6 Å². The van der Waals surface area contributed by atoms with Gasteiger partial charge in [0, 0.05) is 24.9 Å². The molecule has 0 bridgehead atoms. The molecule has 0 atom stereocenters. The number of hydrogen-bond donors (Lipinski definition) is 2. The molecule has 2 amide bonds. The second-order valence-corrected chi connectivity index (χ2v) is 5.02. The Morgan fingerprint density at radius 2 is 2.00 bits per heavy atom. The van der Waals surface area contributed by atoms with Crippen LogP contribution in [-0.4, -0.2) is 24.9 Å². The first-order valence-electron chi connectivity index (χ1n) is 4.83. The van der Waals surface area contributed by atoms with Crippen LogP contribution in [0.3, 0.4) is 0 Å². The van der Waals surface area contributed by atoms with Crippen molar-refractivity contribution in [2.75, 3.05) is 13.1 Å². The summed E-state index contributed by atoms with van der Waals surface area (Å²) in [5.74, 6) is -0.164. The van der Waals surface area contributed by atoms with Crippen LogP contribution in [0.15, 0.2) is 12.1 Å². The number of nitrogens with one attached hydrogen (secondary N) is 2. The van der Waals surface area contributed by atoms with E-state index in [2.05, 4.69) is 10.6 Å². The Labute approximate surface area is 103 Å². The molecular weight excluding hydrogens is 248 g/mol. The molecule has 0 aliphatic heterocycles. The molecule has 0 unspecified atom stereocenters. The van der Waals surface area contributed by atoms with Crippen LogP contribution in [0.5, 0.6) is 0 Å². The Hall–Kier alpha value is -1.07. The summed E-state index contributed by atoms with van der Waals surface area (Å²) in [5.41, 5.74) is 0. The maximum absolute atomic E-state index is 11.4. The molecule has 0 spiro atoms. The Bertz CT molecular complexity index is 379. The van der Waals surface area contributed by atoms with Gasteiger partial charge >= 0.3 is 0 Å². The average Bonchev–Trinajstić information content (AvgIpc) is 2.58. The minimum absolute atomic E-state index is 0.0659. The van der Waals surface area contributed by atoms with Gasteiger partial charge in [-0.2, -0.15) is 0 Å². The predicted molar refractivity (Wildman–Crippen MR) is 64.7 cm³/mol. The molecule has 6 heteroatoms. The lowest BCUT2D eigenvalue weighted by atomic mass is 10.3.